The lowest BCUT2D eigenvalue weighted by atomic mass is 9.94. The number of nitrogens with one attached hydrogen (secondary N) is 1. The van der Waals surface area contributed by atoms with E-state index in [1.54, 1.807) is 0 Å². The van der Waals surface area contributed by atoms with Crippen LogP contribution in [0.2, 0.25) is 0 Å². The molecule has 1 atom stereocenters. The first-order chi connectivity index (χ1) is 7.60. The third kappa shape index (κ3) is 2.02. The van der Waals surface area contributed by atoms with Crippen molar-refractivity contribution in [1.82, 2.24) is 10.2 Å². The quantitative estimate of drug-likeness (QED) is 0.771. The molecule has 2 nitrogen and oxygen atoms in total. The zero-order chi connectivity index (χ0) is 11.2. The van der Waals surface area contributed by atoms with Crippen LogP contribution >= 0.6 is 0 Å². The molecule has 2 aliphatic carbocycles. The lowest BCUT2D eigenvalue weighted by molar-refractivity contribution is 0.126. The van der Waals surface area contributed by atoms with Crippen LogP contribution in [0.3, 0.4) is 0 Å². The van der Waals surface area contributed by atoms with E-state index >= 15 is 0 Å². The highest BCUT2D eigenvalue weighted by Gasteiger charge is 2.47. The van der Waals surface area contributed by atoms with E-state index in [4.69, 9.17) is 0 Å². The zero-order valence-corrected chi connectivity index (χ0v) is 10.9. The molecule has 16 heavy (non-hydrogen) atoms. The van der Waals surface area contributed by atoms with Crippen molar-refractivity contribution in [2.45, 2.75) is 51.5 Å². The van der Waals surface area contributed by atoms with Crippen LogP contribution in [0.15, 0.2) is 0 Å². The normalized spacial score (nSPS) is 36.8. The second-order valence-electron chi connectivity index (χ2n) is 7.04. The number of rotatable bonds is 2. The SMILES string of the molecule is CC1(C)CC1CN1CCNC2(CCCC2)C1. The minimum atomic E-state index is 0.511. The molecule has 0 aromatic carbocycles. The summed E-state index contributed by atoms with van der Waals surface area (Å²) in [7, 11) is 0. The molecule has 0 radical (unpaired) electrons. The molecule has 0 bridgehead atoms. The molecule has 1 aliphatic heterocycles. The average molecular weight is 222 g/mol. The molecule has 0 amide bonds. The molecule has 1 heterocycles. The fourth-order valence-corrected chi connectivity index (χ4v) is 3.78. The van der Waals surface area contributed by atoms with Gasteiger partial charge < -0.3 is 5.32 Å². The molecule has 3 aliphatic rings. The van der Waals surface area contributed by atoms with Gasteiger partial charge >= 0.3 is 0 Å². The van der Waals surface area contributed by atoms with E-state index < -0.39 is 0 Å². The highest BCUT2D eigenvalue weighted by atomic mass is 15.2. The molecular weight excluding hydrogens is 196 g/mol. The molecule has 3 rings (SSSR count). The predicted molar refractivity (Wildman–Crippen MR) is 67.5 cm³/mol. The summed E-state index contributed by atoms with van der Waals surface area (Å²) in [5.41, 5.74) is 1.16. The number of piperazine rings is 1. The Morgan fingerprint density at radius 2 is 1.94 bits per heavy atom. The molecule has 2 heteroatoms. The fourth-order valence-electron chi connectivity index (χ4n) is 3.78. The highest BCUT2D eigenvalue weighted by molar-refractivity contribution is 5.01. The number of nitrogens with zero attached hydrogens (tertiary/aromatic N) is 1. The monoisotopic (exact) mass is 222 g/mol. The molecule has 0 aromatic heterocycles. The van der Waals surface area contributed by atoms with Crippen LogP contribution in [0.25, 0.3) is 0 Å². The second-order valence-corrected chi connectivity index (χ2v) is 7.04. The summed E-state index contributed by atoms with van der Waals surface area (Å²) in [5.74, 6) is 0.976. The fraction of sp³-hybridized carbons (Fsp3) is 1.00. The van der Waals surface area contributed by atoms with Crippen LogP contribution in [-0.2, 0) is 0 Å². The third-order valence-corrected chi connectivity index (χ3v) is 5.21. The van der Waals surface area contributed by atoms with Crippen LogP contribution in [0, 0.1) is 11.3 Å². The average Bonchev–Trinajstić information content (AvgIpc) is 2.63. The van der Waals surface area contributed by atoms with E-state index in [2.05, 4.69) is 24.1 Å². The van der Waals surface area contributed by atoms with Gasteiger partial charge in [-0.05, 0) is 30.6 Å². The minimum Gasteiger partial charge on any atom is -0.309 e. The minimum absolute atomic E-state index is 0.511. The molecule has 3 fully saturated rings. The van der Waals surface area contributed by atoms with Gasteiger partial charge in [-0.1, -0.05) is 26.7 Å². The zero-order valence-electron chi connectivity index (χ0n) is 10.9. The van der Waals surface area contributed by atoms with Crippen molar-refractivity contribution in [3.63, 3.8) is 0 Å². The van der Waals surface area contributed by atoms with Gasteiger partial charge in [-0.2, -0.15) is 0 Å². The Kier molecular flexibility index (Phi) is 2.56. The Morgan fingerprint density at radius 3 is 2.56 bits per heavy atom. The van der Waals surface area contributed by atoms with Gasteiger partial charge in [0.15, 0.2) is 0 Å². The van der Waals surface area contributed by atoms with Crippen molar-refractivity contribution in [1.29, 1.82) is 0 Å². The van der Waals surface area contributed by atoms with E-state index in [1.165, 1.54) is 58.3 Å². The van der Waals surface area contributed by atoms with Crippen molar-refractivity contribution in [3.8, 4) is 0 Å². The summed E-state index contributed by atoms with van der Waals surface area (Å²) in [4.78, 5) is 2.74. The van der Waals surface area contributed by atoms with E-state index in [-0.39, 0.29) is 0 Å². The Bertz CT molecular complexity index is 266. The standard InChI is InChI=1S/C14H26N2/c1-13(2)9-12(13)10-16-8-7-15-14(11-16)5-3-4-6-14/h12,15H,3-11H2,1-2H3. The van der Waals surface area contributed by atoms with Crippen molar-refractivity contribution >= 4 is 0 Å². The van der Waals surface area contributed by atoms with Crippen molar-refractivity contribution in [3.05, 3.63) is 0 Å². The first-order valence-electron chi connectivity index (χ1n) is 7.07. The highest BCUT2D eigenvalue weighted by Crippen LogP contribution is 2.52. The second kappa shape index (κ2) is 3.71. The molecule has 1 unspecified atom stereocenters. The Hall–Kier alpha value is -0.0800. The van der Waals surface area contributed by atoms with E-state index in [1.807, 2.05) is 0 Å². The van der Waals surface area contributed by atoms with Crippen LogP contribution in [-0.4, -0.2) is 36.6 Å². The maximum atomic E-state index is 3.80. The van der Waals surface area contributed by atoms with Crippen LogP contribution in [0.1, 0.15) is 46.0 Å². The van der Waals surface area contributed by atoms with Crippen molar-refractivity contribution in [2.75, 3.05) is 26.2 Å². The van der Waals surface area contributed by atoms with Gasteiger partial charge in [0.2, 0.25) is 0 Å². The van der Waals surface area contributed by atoms with Gasteiger partial charge in [0.25, 0.3) is 0 Å². The Morgan fingerprint density at radius 1 is 1.25 bits per heavy atom. The summed E-state index contributed by atoms with van der Waals surface area (Å²) >= 11 is 0. The summed E-state index contributed by atoms with van der Waals surface area (Å²) in [6.45, 7) is 10.0. The van der Waals surface area contributed by atoms with Gasteiger partial charge in [-0.15, -0.1) is 0 Å². The first kappa shape index (κ1) is 11.0. The van der Waals surface area contributed by atoms with Gasteiger partial charge in [0.05, 0.1) is 0 Å². The summed E-state index contributed by atoms with van der Waals surface area (Å²) in [6, 6.07) is 0. The maximum Gasteiger partial charge on any atom is 0.0309 e. The molecule has 0 aromatic rings. The molecular formula is C14H26N2. The Labute approximate surface area is 99.8 Å². The summed E-state index contributed by atoms with van der Waals surface area (Å²) in [6.07, 6.45) is 7.16. The lowest BCUT2D eigenvalue weighted by Gasteiger charge is -2.42. The van der Waals surface area contributed by atoms with Crippen LogP contribution in [0.5, 0.6) is 0 Å². The molecule has 1 N–H and O–H groups in total. The largest absolute Gasteiger partial charge is 0.309 e. The lowest BCUT2D eigenvalue weighted by Crippen LogP contribution is -2.59. The Balaban J connectivity index is 1.56. The third-order valence-electron chi connectivity index (χ3n) is 5.21. The van der Waals surface area contributed by atoms with Crippen molar-refractivity contribution < 1.29 is 0 Å². The van der Waals surface area contributed by atoms with Gasteiger partial charge in [-0.25, -0.2) is 0 Å². The summed E-state index contributed by atoms with van der Waals surface area (Å²) < 4.78 is 0. The molecule has 92 valence electrons. The van der Waals surface area contributed by atoms with Gasteiger partial charge in [0.1, 0.15) is 0 Å². The van der Waals surface area contributed by atoms with E-state index in [0.29, 0.717) is 11.0 Å². The van der Waals surface area contributed by atoms with Gasteiger partial charge in [-0.3, -0.25) is 4.90 Å². The summed E-state index contributed by atoms with van der Waals surface area (Å²) in [5, 5.41) is 3.80. The number of hydrogen-bond donors (Lipinski definition) is 1. The number of hydrogen-bond acceptors (Lipinski definition) is 2. The van der Waals surface area contributed by atoms with Crippen molar-refractivity contribution in [2.24, 2.45) is 11.3 Å². The van der Waals surface area contributed by atoms with Gasteiger partial charge in [0, 0.05) is 31.7 Å². The smallest absolute Gasteiger partial charge is 0.0309 e. The van der Waals surface area contributed by atoms with E-state index in [9.17, 15) is 0 Å². The topological polar surface area (TPSA) is 15.3 Å². The maximum absolute atomic E-state index is 3.80. The van der Waals surface area contributed by atoms with E-state index in [0.717, 1.165) is 5.92 Å². The molecule has 1 spiro atoms. The molecule has 2 saturated carbocycles. The molecule has 1 saturated heterocycles. The predicted octanol–water partition coefficient (Wildman–Crippen LogP) is 2.25. The first-order valence-corrected chi connectivity index (χ1v) is 7.07. The van der Waals surface area contributed by atoms with Crippen LogP contribution < -0.4 is 5.32 Å². The van der Waals surface area contributed by atoms with Crippen LogP contribution in [0.4, 0.5) is 0 Å².